The number of amides is 2. The lowest BCUT2D eigenvalue weighted by molar-refractivity contribution is -0.384. The maximum atomic E-state index is 14.1. The Labute approximate surface area is 126 Å². The largest absolute Gasteiger partial charge is 0.342 e. The van der Waals surface area contributed by atoms with E-state index in [1.807, 2.05) is 0 Å². The molecular weight excluding hydrogens is 293 g/mol. The van der Waals surface area contributed by atoms with Crippen LogP contribution >= 0.6 is 0 Å². The standard InChI is InChI=1S/C14H16FN3O4/c1-16-6-7-17(9-13(16)19)14(20)12(15)8-10-2-4-11(5-3-10)18(21)22/h2-5,12H,6-9H2,1H3. The maximum absolute atomic E-state index is 14.1. The van der Waals surface area contributed by atoms with E-state index in [0.29, 0.717) is 18.7 Å². The Kier molecular flexibility index (Phi) is 4.69. The van der Waals surface area contributed by atoms with E-state index < -0.39 is 17.0 Å². The van der Waals surface area contributed by atoms with Crippen molar-refractivity contribution in [2.45, 2.75) is 12.6 Å². The van der Waals surface area contributed by atoms with Gasteiger partial charge in [-0.25, -0.2) is 4.39 Å². The predicted octanol–water partition coefficient (Wildman–Crippen LogP) is 0.776. The number of halogens is 1. The zero-order valence-corrected chi connectivity index (χ0v) is 12.1. The monoisotopic (exact) mass is 309 g/mol. The first-order chi connectivity index (χ1) is 10.4. The molecule has 8 heteroatoms. The van der Waals surface area contributed by atoms with Crippen molar-refractivity contribution in [2.24, 2.45) is 0 Å². The normalized spacial score (nSPS) is 16.5. The molecule has 1 aromatic rings. The van der Waals surface area contributed by atoms with E-state index >= 15 is 0 Å². The van der Waals surface area contributed by atoms with Gasteiger partial charge in [0.25, 0.3) is 11.6 Å². The average Bonchev–Trinajstić information content (AvgIpc) is 2.49. The number of nitrogens with zero attached hydrogens (tertiary/aromatic N) is 3. The van der Waals surface area contributed by atoms with Crippen LogP contribution in [0.3, 0.4) is 0 Å². The molecule has 0 bridgehead atoms. The number of carbonyl (C=O) groups is 2. The second-order valence-corrected chi connectivity index (χ2v) is 5.17. The van der Waals surface area contributed by atoms with Crippen LogP contribution in [0.4, 0.5) is 10.1 Å². The molecule has 1 unspecified atom stereocenters. The van der Waals surface area contributed by atoms with Crippen molar-refractivity contribution in [2.75, 3.05) is 26.7 Å². The molecule has 0 radical (unpaired) electrons. The molecule has 2 amide bonds. The quantitative estimate of drug-likeness (QED) is 0.607. The lowest BCUT2D eigenvalue weighted by atomic mass is 10.1. The number of nitro benzene ring substituents is 1. The molecule has 118 valence electrons. The van der Waals surface area contributed by atoms with Crippen LogP contribution in [-0.4, -0.2) is 59.4 Å². The number of likely N-dealkylation sites (N-methyl/N-ethyl adjacent to an activating group) is 1. The molecule has 0 saturated carbocycles. The summed E-state index contributed by atoms with van der Waals surface area (Å²) in [6.07, 6.45) is -1.94. The van der Waals surface area contributed by atoms with Gasteiger partial charge >= 0.3 is 0 Å². The Bertz CT molecular complexity index is 590. The summed E-state index contributed by atoms with van der Waals surface area (Å²) >= 11 is 0. The van der Waals surface area contributed by atoms with Crippen LogP contribution in [0.5, 0.6) is 0 Å². The van der Waals surface area contributed by atoms with Crippen molar-refractivity contribution >= 4 is 17.5 Å². The summed E-state index contributed by atoms with van der Waals surface area (Å²) in [6, 6.07) is 5.39. The lowest BCUT2D eigenvalue weighted by Crippen LogP contribution is -2.52. The summed E-state index contributed by atoms with van der Waals surface area (Å²) in [5, 5.41) is 10.5. The number of rotatable bonds is 4. The zero-order valence-electron chi connectivity index (χ0n) is 12.1. The van der Waals surface area contributed by atoms with Crippen molar-refractivity contribution in [3.63, 3.8) is 0 Å². The van der Waals surface area contributed by atoms with Crippen LogP contribution in [0.15, 0.2) is 24.3 Å². The van der Waals surface area contributed by atoms with Gasteiger partial charge in [-0.3, -0.25) is 19.7 Å². The molecule has 2 rings (SSSR count). The van der Waals surface area contributed by atoms with Gasteiger partial charge in [0.15, 0.2) is 6.17 Å². The smallest absolute Gasteiger partial charge is 0.269 e. The fraction of sp³-hybridized carbons (Fsp3) is 0.429. The van der Waals surface area contributed by atoms with Crippen molar-refractivity contribution in [3.8, 4) is 0 Å². The van der Waals surface area contributed by atoms with Gasteiger partial charge < -0.3 is 9.80 Å². The maximum Gasteiger partial charge on any atom is 0.269 e. The highest BCUT2D eigenvalue weighted by Gasteiger charge is 2.30. The Morgan fingerprint density at radius 2 is 2.00 bits per heavy atom. The summed E-state index contributed by atoms with van der Waals surface area (Å²) in [7, 11) is 1.63. The van der Waals surface area contributed by atoms with Crippen LogP contribution in [0.1, 0.15) is 5.56 Å². The van der Waals surface area contributed by atoms with Crippen LogP contribution in [0.2, 0.25) is 0 Å². The van der Waals surface area contributed by atoms with Gasteiger partial charge in [0.1, 0.15) is 0 Å². The fourth-order valence-corrected chi connectivity index (χ4v) is 2.19. The minimum atomic E-state index is -1.77. The van der Waals surface area contributed by atoms with Crippen LogP contribution in [-0.2, 0) is 16.0 Å². The summed E-state index contributed by atoms with van der Waals surface area (Å²) in [5.74, 6) is -0.943. The Hall–Kier alpha value is -2.51. The number of alkyl halides is 1. The lowest BCUT2D eigenvalue weighted by Gasteiger charge is -2.32. The first-order valence-electron chi connectivity index (χ1n) is 6.78. The molecular formula is C14H16FN3O4. The van der Waals surface area contributed by atoms with E-state index in [4.69, 9.17) is 0 Å². The number of hydrogen-bond donors (Lipinski definition) is 0. The molecule has 1 atom stereocenters. The average molecular weight is 309 g/mol. The highest BCUT2D eigenvalue weighted by atomic mass is 19.1. The van der Waals surface area contributed by atoms with Gasteiger partial charge in [-0.2, -0.15) is 0 Å². The molecule has 0 spiro atoms. The van der Waals surface area contributed by atoms with Crippen molar-refractivity contribution < 1.29 is 18.9 Å². The van der Waals surface area contributed by atoms with E-state index in [1.54, 1.807) is 7.05 Å². The number of carbonyl (C=O) groups excluding carboxylic acids is 2. The van der Waals surface area contributed by atoms with Gasteiger partial charge in [0, 0.05) is 38.7 Å². The van der Waals surface area contributed by atoms with Gasteiger partial charge in [0.2, 0.25) is 5.91 Å². The van der Waals surface area contributed by atoms with E-state index in [1.165, 1.54) is 34.1 Å². The van der Waals surface area contributed by atoms with Crippen molar-refractivity contribution in [1.82, 2.24) is 9.80 Å². The number of non-ortho nitro benzene ring substituents is 1. The SMILES string of the molecule is CN1CCN(C(=O)C(F)Cc2ccc([N+](=O)[O-])cc2)CC1=O. The predicted molar refractivity (Wildman–Crippen MR) is 75.9 cm³/mol. The zero-order chi connectivity index (χ0) is 16.3. The van der Waals surface area contributed by atoms with E-state index in [9.17, 15) is 24.1 Å². The molecule has 1 heterocycles. The molecule has 0 N–H and O–H groups in total. The number of nitro groups is 1. The van der Waals surface area contributed by atoms with E-state index in [-0.39, 0.29) is 24.6 Å². The van der Waals surface area contributed by atoms with Crippen molar-refractivity contribution in [3.05, 3.63) is 39.9 Å². The van der Waals surface area contributed by atoms with Gasteiger partial charge in [0.05, 0.1) is 11.5 Å². The van der Waals surface area contributed by atoms with Crippen LogP contribution < -0.4 is 0 Å². The summed E-state index contributed by atoms with van der Waals surface area (Å²) in [5.41, 5.74) is 0.405. The van der Waals surface area contributed by atoms with Crippen molar-refractivity contribution in [1.29, 1.82) is 0 Å². The summed E-state index contributed by atoms with van der Waals surface area (Å²) in [6.45, 7) is 0.576. The van der Waals surface area contributed by atoms with Crippen LogP contribution in [0, 0.1) is 10.1 Å². The first-order valence-corrected chi connectivity index (χ1v) is 6.78. The number of benzene rings is 1. The minimum absolute atomic E-state index is 0.0878. The van der Waals surface area contributed by atoms with Gasteiger partial charge in [-0.1, -0.05) is 12.1 Å². The third-order valence-corrected chi connectivity index (χ3v) is 3.60. The molecule has 1 aliphatic rings. The minimum Gasteiger partial charge on any atom is -0.342 e. The third kappa shape index (κ3) is 3.57. The van der Waals surface area contributed by atoms with Gasteiger partial charge in [-0.05, 0) is 5.56 Å². The van der Waals surface area contributed by atoms with Crippen LogP contribution in [0.25, 0.3) is 0 Å². The number of piperazine rings is 1. The topological polar surface area (TPSA) is 83.8 Å². The first kappa shape index (κ1) is 15.9. The Morgan fingerprint density at radius 3 is 2.55 bits per heavy atom. The second-order valence-electron chi connectivity index (χ2n) is 5.17. The molecule has 22 heavy (non-hydrogen) atoms. The molecule has 7 nitrogen and oxygen atoms in total. The second kappa shape index (κ2) is 6.50. The third-order valence-electron chi connectivity index (χ3n) is 3.60. The van der Waals surface area contributed by atoms with E-state index in [2.05, 4.69) is 0 Å². The Morgan fingerprint density at radius 1 is 1.36 bits per heavy atom. The highest BCUT2D eigenvalue weighted by Crippen LogP contribution is 2.15. The highest BCUT2D eigenvalue weighted by molar-refractivity contribution is 5.88. The Balaban J connectivity index is 1.96. The molecule has 0 aliphatic carbocycles. The summed E-state index contributed by atoms with van der Waals surface area (Å²) in [4.78, 5) is 36.2. The van der Waals surface area contributed by atoms with Gasteiger partial charge in [-0.15, -0.1) is 0 Å². The molecule has 1 aliphatic heterocycles. The molecule has 1 saturated heterocycles. The van der Waals surface area contributed by atoms with E-state index in [0.717, 1.165) is 0 Å². The fourth-order valence-electron chi connectivity index (χ4n) is 2.19. The number of hydrogen-bond acceptors (Lipinski definition) is 4. The molecule has 0 aromatic heterocycles. The molecule has 1 aromatic carbocycles. The molecule has 1 fully saturated rings. The summed E-state index contributed by atoms with van der Waals surface area (Å²) < 4.78 is 14.1.